The summed E-state index contributed by atoms with van der Waals surface area (Å²) < 4.78 is 5.32. The van der Waals surface area contributed by atoms with Crippen LogP contribution in [0.4, 0.5) is 0 Å². The van der Waals surface area contributed by atoms with Gasteiger partial charge in [-0.2, -0.15) is 0 Å². The first-order chi connectivity index (χ1) is 7.75. The van der Waals surface area contributed by atoms with Crippen LogP contribution in [0.25, 0.3) is 0 Å². The molecule has 2 heterocycles. The first-order valence-corrected chi connectivity index (χ1v) is 7.01. The molecule has 1 fully saturated rings. The zero-order valence-electron chi connectivity index (χ0n) is 9.62. The number of alkyl halides is 1. The molecule has 0 aromatic carbocycles. The molecule has 0 saturated carbocycles. The third-order valence-electron chi connectivity index (χ3n) is 2.87. The first-order valence-electron chi connectivity index (χ1n) is 5.76. The van der Waals surface area contributed by atoms with E-state index in [1.165, 1.54) is 9.75 Å². The van der Waals surface area contributed by atoms with Crippen molar-refractivity contribution >= 4 is 22.9 Å². The molecule has 1 unspecified atom stereocenters. The van der Waals surface area contributed by atoms with Crippen LogP contribution in [0.5, 0.6) is 0 Å². The fraction of sp³-hybridized carbons (Fsp3) is 0.667. The first kappa shape index (κ1) is 12.4. The van der Waals surface area contributed by atoms with Gasteiger partial charge in [-0.3, -0.25) is 4.90 Å². The van der Waals surface area contributed by atoms with Gasteiger partial charge in [0.2, 0.25) is 0 Å². The SMILES string of the molecule is Cc1ccc(C(Cl)CCN2CCOCC2)s1. The maximum atomic E-state index is 6.39. The monoisotopic (exact) mass is 259 g/mol. The van der Waals surface area contributed by atoms with Crippen LogP contribution in [0, 0.1) is 6.92 Å². The van der Waals surface area contributed by atoms with Gasteiger partial charge in [-0.25, -0.2) is 0 Å². The summed E-state index contributed by atoms with van der Waals surface area (Å²) in [6, 6.07) is 4.29. The maximum absolute atomic E-state index is 6.39. The molecular weight excluding hydrogens is 242 g/mol. The molecule has 0 amide bonds. The highest BCUT2D eigenvalue weighted by atomic mass is 35.5. The maximum Gasteiger partial charge on any atom is 0.0690 e. The Bertz CT molecular complexity index is 323. The van der Waals surface area contributed by atoms with Crippen LogP contribution in [-0.2, 0) is 4.74 Å². The molecule has 1 saturated heterocycles. The molecule has 90 valence electrons. The summed E-state index contributed by atoms with van der Waals surface area (Å²) >= 11 is 8.20. The molecule has 1 aliphatic rings. The summed E-state index contributed by atoms with van der Waals surface area (Å²) in [5.74, 6) is 0. The molecular formula is C12H18ClNOS. The Labute approximate surface area is 106 Å². The van der Waals surface area contributed by atoms with E-state index < -0.39 is 0 Å². The lowest BCUT2D eigenvalue weighted by atomic mass is 10.2. The average molecular weight is 260 g/mol. The molecule has 2 rings (SSSR count). The third-order valence-corrected chi connectivity index (χ3v) is 4.57. The van der Waals surface area contributed by atoms with Crippen LogP contribution in [0.15, 0.2) is 12.1 Å². The Hall–Kier alpha value is -0.0900. The Morgan fingerprint density at radius 2 is 2.19 bits per heavy atom. The molecule has 2 nitrogen and oxygen atoms in total. The summed E-state index contributed by atoms with van der Waals surface area (Å²) in [7, 11) is 0. The number of morpholine rings is 1. The minimum atomic E-state index is 0.168. The van der Waals surface area contributed by atoms with E-state index in [2.05, 4.69) is 24.0 Å². The van der Waals surface area contributed by atoms with Gasteiger partial charge in [0, 0.05) is 29.4 Å². The van der Waals surface area contributed by atoms with Crippen molar-refractivity contribution in [2.45, 2.75) is 18.7 Å². The van der Waals surface area contributed by atoms with Crippen molar-refractivity contribution in [3.8, 4) is 0 Å². The number of nitrogens with zero attached hydrogens (tertiary/aromatic N) is 1. The number of rotatable bonds is 4. The molecule has 0 spiro atoms. The fourth-order valence-electron chi connectivity index (χ4n) is 1.88. The summed E-state index contributed by atoms with van der Waals surface area (Å²) in [6.07, 6.45) is 1.03. The van der Waals surface area contributed by atoms with Crippen LogP contribution in [-0.4, -0.2) is 37.7 Å². The van der Waals surface area contributed by atoms with E-state index >= 15 is 0 Å². The van der Waals surface area contributed by atoms with Crippen molar-refractivity contribution in [3.05, 3.63) is 21.9 Å². The van der Waals surface area contributed by atoms with Crippen molar-refractivity contribution in [1.29, 1.82) is 0 Å². The van der Waals surface area contributed by atoms with Crippen molar-refractivity contribution < 1.29 is 4.74 Å². The van der Waals surface area contributed by atoms with E-state index in [-0.39, 0.29) is 5.38 Å². The summed E-state index contributed by atoms with van der Waals surface area (Å²) in [5.41, 5.74) is 0. The Balaban J connectivity index is 1.76. The molecule has 16 heavy (non-hydrogen) atoms. The Kier molecular flexibility index (Phi) is 4.65. The number of hydrogen-bond acceptors (Lipinski definition) is 3. The van der Waals surface area contributed by atoms with E-state index in [0.29, 0.717) is 0 Å². The lowest BCUT2D eigenvalue weighted by Crippen LogP contribution is -2.37. The number of ether oxygens (including phenoxy) is 1. The van der Waals surface area contributed by atoms with E-state index in [0.717, 1.165) is 39.3 Å². The van der Waals surface area contributed by atoms with Crippen LogP contribution < -0.4 is 0 Å². The Morgan fingerprint density at radius 1 is 1.44 bits per heavy atom. The zero-order valence-corrected chi connectivity index (χ0v) is 11.2. The largest absolute Gasteiger partial charge is 0.379 e. The van der Waals surface area contributed by atoms with Gasteiger partial charge in [-0.1, -0.05) is 0 Å². The lowest BCUT2D eigenvalue weighted by molar-refractivity contribution is 0.0373. The van der Waals surface area contributed by atoms with E-state index in [9.17, 15) is 0 Å². The normalized spacial score (nSPS) is 19.9. The smallest absolute Gasteiger partial charge is 0.0690 e. The van der Waals surface area contributed by atoms with Gasteiger partial charge in [-0.15, -0.1) is 22.9 Å². The molecule has 1 aliphatic heterocycles. The van der Waals surface area contributed by atoms with Gasteiger partial charge in [0.15, 0.2) is 0 Å². The lowest BCUT2D eigenvalue weighted by Gasteiger charge is -2.27. The standard InChI is InChI=1S/C12H18ClNOS/c1-10-2-3-12(16-10)11(13)4-5-14-6-8-15-9-7-14/h2-3,11H,4-9H2,1H3. The Morgan fingerprint density at radius 3 is 2.81 bits per heavy atom. The summed E-state index contributed by atoms with van der Waals surface area (Å²) in [4.78, 5) is 5.07. The van der Waals surface area contributed by atoms with Gasteiger partial charge in [0.1, 0.15) is 0 Å². The predicted octanol–water partition coefficient (Wildman–Crippen LogP) is 3.06. The topological polar surface area (TPSA) is 12.5 Å². The highest BCUT2D eigenvalue weighted by Crippen LogP contribution is 2.30. The zero-order chi connectivity index (χ0) is 11.4. The van der Waals surface area contributed by atoms with Gasteiger partial charge in [0.25, 0.3) is 0 Å². The fourth-order valence-corrected chi connectivity index (χ4v) is 3.08. The molecule has 1 aromatic heterocycles. The number of aryl methyl sites for hydroxylation is 1. The minimum absolute atomic E-state index is 0.168. The molecule has 1 aromatic rings. The van der Waals surface area contributed by atoms with Crippen LogP contribution in [0.1, 0.15) is 21.6 Å². The molecule has 0 bridgehead atoms. The van der Waals surface area contributed by atoms with Crippen molar-refractivity contribution in [2.24, 2.45) is 0 Å². The number of hydrogen-bond donors (Lipinski definition) is 0. The van der Waals surface area contributed by atoms with Crippen LogP contribution in [0.3, 0.4) is 0 Å². The summed E-state index contributed by atoms with van der Waals surface area (Å²) in [6.45, 7) is 7.03. The third kappa shape index (κ3) is 3.45. The van der Waals surface area contributed by atoms with Crippen molar-refractivity contribution in [2.75, 3.05) is 32.8 Å². The average Bonchev–Trinajstić information content (AvgIpc) is 2.74. The highest BCUT2D eigenvalue weighted by molar-refractivity contribution is 7.12. The molecule has 0 N–H and O–H groups in total. The number of halogens is 1. The van der Waals surface area contributed by atoms with E-state index in [1.807, 2.05) is 11.3 Å². The number of thiophene rings is 1. The minimum Gasteiger partial charge on any atom is -0.379 e. The summed E-state index contributed by atoms with van der Waals surface area (Å²) in [5, 5.41) is 0.168. The second-order valence-electron chi connectivity index (χ2n) is 4.16. The van der Waals surface area contributed by atoms with Gasteiger partial charge in [0.05, 0.1) is 18.6 Å². The quantitative estimate of drug-likeness (QED) is 0.771. The van der Waals surface area contributed by atoms with Gasteiger partial charge >= 0.3 is 0 Å². The highest BCUT2D eigenvalue weighted by Gasteiger charge is 2.14. The van der Waals surface area contributed by atoms with Crippen molar-refractivity contribution in [3.63, 3.8) is 0 Å². The second-order valence-corrected chi connectivity index (χ2v) is 6.00. The van der Waals surface area contributed by atoms with Gasteiger partial charge in [-0.05, 0) is 25.5 Å². The van der Waals surface area contributed by atoms with Crippen molar-refractivity contribution in [1.82, 2.24) is 4.90 Å². The van der Waals surface area contributed by atoms with Crippen LogP contribution in [0.2, 0.25) is 0 Å². The van der Waals surface area contributed by atoms with Gasteiger partial charge < -0.3 is 4.74 Å². The predicted molar refractivity (Wildman–Crippen MR) is 69.5 cm³/mol. The molecule has 4 heteroatoms. The molecule has 1 atom stereocenters. The van der Waals surface area contributed by atoms with E-state index in [1.54, 1.807) is 0 Å². The van der Waals surface area contributed by atoms with Crippen LogP contribution >= 0.6 is 22.9 Å². The molecule has 0 aliphatic carbocycles. The molecule has 0 radical (unpaired) electrons. The second kappa shape index (κ2) is 6.01. The van der Waals surface area contributed by atoms with E-state index in [4.69, 9.17) is 16.3 Å².